The van der Waals surface area contributed by atoms with Crippen molar-refractivity contribution in [1.82, 2.24) is 0 Å². The lowest BCUT2D eigenvalue weighted by Gasteiger charge is -2.25. The first-order chi connectivity index (χ1) is 4.95. The van der Waals surface area contributed by atoms with Crippen molar-refractivity contribution in [2.24, 2.45) is 17.3 Å². The maximum Gasteiger partial charge on any atom is 0.0687 e. The number of rotatable bonds is 2. The molecule has 2 heteroatoms. The molecule has 2 atom stereocenters. The van der Waals surface area contributed by atoms with Crippen molar-refractivity contribution in [3.8, 4) is 12.1 Å². The summed E-state index contributed by atoms with van der Waals surface area (Å²) in [5, 5.41) is 17.4. The molecule has 11 heavy (non-hydrogen) atoms. The van der Waals surface area contributed by atoms with E-state index in [2.05, 4.69) is 12.1 Å². The summed E-state index contributed by atoms with van der Waals surface area (Å²) < 4.78 is 0. The number of hydrogen-bond acceptors (Lipinski definition) is 2. The van der Waals surface area contributed by atoms with Crippen molar-refractivity contribution < 1.29 is 0 Å². The SMILES string of the molecule is CC(C#N)C(C)C(C)(C)C#N. The molecular weight excluding hydrogens is 136 g/mol. The van der Waals surface area contributed by atoms with Crippen LogP contribution >= 0.6 is 0 Å². The van der Waals surface area contributed by atoms with E-state index < -0.39 is 5.41 Å². The Morgan fingerprint density at radius 1 is 1.18 bits per heavy atom. The monoisotopic (exact) mass is 150 g/mol. The van der Waals surface area contributed by atoms with Gasteiger partial charge in [0.1, 0.15) is 0 Å². The molecule has 0 aliphatic heterocycles. The topological polar surface area (TPSA) is 47.6 Å². The summed E-state index contributed by atoms with van der Waals surface area (Å²) in [7, 11) is 0. The fraction of sp³-hybridized carbons (Fsp3) is 0.778. The van der Waals surface area contributed by atoms with Gasteiger partial charge in [0.15, 0.2) is 0 Å². The fourth-order valence-electron chi connectivity index (χ4n) is 0.839. The van der Waals surface area contributed by atoms with Crippen LogP contribution in [0.3, 0.4) is 0 Å². The largest absolute Gasteiger partial charge is 0.198 e. The van der Waals surface area contributed by atoms with E-state index in [-0.39, 0.29) is 11.8 Å². The first kappa shape index (κ1) is 9.98. The third-order valence-electron chi connectivity index (χ3n) is 2.38. The Hall–Kier alpha value is -1.02. The average Bonchev–Trinajstić information content (AvgIpc) is 2.01. The molecule has 60 valence electrons. The average molecular weight is 150 g/mol. The standard InChI is InChI=1S/C9H14N2/c1-7(5-10)8(2)9(3,4)6-11/h7-8H,1-4H3. The van der Waals surface area contributed by atoms with Gasteiger partial charge in [-0.3, -0.25) is 0 Å². The van der Waals surface area contributed by atoms with Gasteiger partial charge in [-0.25, -0.2) is 0 Å². The second-order valence-electron chi connectivity index (χ2n) is 3.54. The van der Waals surface area contributed by atoms with E-state index in [1.807, 2.05) is 27.7 Å². The lowest BCUT2D eigenvalue weighted by atomic mass is 9.75. The summed E-state index contributed by atoms with van der Waals surface area (Å²) in [5.74, 6) is 0.0714. The van der Waals surface area contributed by atoms with Crippen LogP contribution in [0.1, 0.15) is 27.7 Å². The third kappa shape index (κ3) is 2.24. The summed E-state index contributed by atoms with van der Waals surface area (Å²) in [5.41, 5.74) is -0.394. The summed E-state index contributed by atoms with van der Waals surface area (Å²) in [6.45, 7) is 7.53. The Labute approximate surface area is 68.4 Å². The molecule has 2 unspecified atom stereocenters. The van der Waals surface area contributed by atoms with Gasteiger partial charge < -0.3 is 0 Å². The first-order valence-corrected chi connectivity index (χ1v) is 3.76. The van der Waals surface area contributed by atoms with Crippen LogP contribution in [0, 0.1) is 39.9 Å². The highest BCUT2D eigenvalue weighted by atomic mass is 14.4. The highest BCUT2D eigenvalue weighted by molar-refractivity contribution is 5.00. The quantitative estimate of drug-likeness (QED) is 0.606. The maximum atomic E-state index is 8.75. The molecule has 0 aromatic carbocycles. The molecule has 0 aromatic rings. The fourth-order valence-corrected chi connectivity index (χ4v) is 0.839. The molecule has 0 rings (SSSR count). The van der Waals surface area contributed by atoms with Crippen LogP contribution in [0.4, 0.5) is 0 Å². The molecule has 0 aromatic heterocycles. The molecule has 0 heterocycles. The van der Waals surface area contributed by atoms with Crippen molar-refractivity contribution >= 4 is 0 Å². The van der Waals surface area contributed by atoms with Crippen molar-refractivity contribution in [2.45, 2.75) is 27.7 Å². The Morgan fingerprint density at radius 3 is 1.91 bits per heavy atom. The van der Waals surface area contributed by atoms with E-state index in [0.29, 0.717) is 0 Å². The Balaban J connectivity index is 4.41. The Kier molecular flexibility index (Phi) is 3.08. The third-order valence-corrected chi connectivity index (χ3v) is 2.38. The highest BCUT2D eigenvalue weighted by Gasteiger charge is 2.29. The van der Waals surface area contributed by atoms with Crippen LogP contribution in [-0.2, 0) is 0 Å². The molecular formula is C9H14N2. The minimum atomic E-state index is -0.394. The van der Waals surface area contributed by atoms with E-state index >= 15 is 0 Å². The first-order valence-electron chi connectivity index (χ1n) is 3.76. The van der Waals surface area contributed by atoms with Gasteiger partial charge in [-0.2, -0.15) is 10.5 Å². The van der Waals surface area contributed by atoms with Gasteiger partial charge >= 0.3 is 0 Å². The zero-order valence-electron chi connectivity index (χ0n) is 7.55. The Bertz CT molecular complexity index is 205. The minimum Gasteiger partial charge on any atom is -0.198 e. The summed E-state index contributed by atoms with van der Waals surface area (Å²) in [6.07, 6.45) is 0. The van der Waals surface area contributed by atoms with Crippen LogP contribution in [0.25, 0.3) is 0 Å². The van der Waals surface area contributed by atoms with E-state index in [1.165, 1.54) is 0 Å². The number of nitrogens with zero attached hydrogens (tertiary/aromatic N) is 2. The van der Waals surface area contributed by atoms with Gasteiger partial charge in [0.05, 0.1) is 17.6 Å². The summed E-state index contributed by atoms with van der Waals surface area (Å²) >= 11 is 0. The maximum absolute atomic E-state index is 8.75. The van der Waals surface area contributed by atoms with Crippen LogP contribution < -0.4 is 0 Å². The van der Waals surface area contributed by atoms with Gasteiger partial charge in [-0.1, -0.05) is 6.92 Å². The molecule has 2 nitrogen and oxygen atoms in total. The summed E-state index contributed by atoms with van der Waals surface area (Å²) in [6, 6.07) is 4.36. The molecule has 0 saturated carbocycles. The van der Waals surface area contributed by atoms with Crippen molar-refractivity contribution in [1.29, 1.82) is 10.5 Å². The normalized spacial score (nSPS) is 16.2. The van der Waals surface area contributed by atoms with Gasteiger partial charge in [0.2, 0.25) is 0 Å². The predicted molar refractivity (Wildman–Crippen MR) is 43.3 cm³/mol. The van der Waals surface area contributed by atoms with E-state index in [1.54, 1.807) is 0 Å². The van der Waals surface area contributed by atoms with Crippen LogP contribution in [0.2, 0.25) is 0 Å². The van der Waals surface area contributed by atoms with Crippen LogP contribution in [-0.4, -0.2) is 0 Å². The zero-order valence-corrected chi connectivity index (χ0v) is 7.55. The molecule has 0 aliphatic carbocycles. The van der Waals surface area contributed by atoms with Gasteiger partial charge in [-0.05, 0) is 26.7 Å². The van der Waals surface area contributed by atoms with E-state index in [4.69, 9.17) is 10.5 Å². The molecule has 0 saturated heterocycles. The van der Waals surface area contributed by atoms with Crippen LogP contribution in [0.5, 0.6) is 0 Å². The summed E-state index contributed by atoms with van der Waals surface area (Å²) in [4.78, 5) is 0. The minimum absolute atomic E-state index is 0.0513. The second-order valence-corrected chi connectivity index (χ2v) is 3.54. The van der Waals surface area contributed by atoms with Gasteiger partial charge in [-0.15, -0.1) is 0 Å². The molecule has 0 radical (unpaired) electrons. The van der Waals surface area contributed by atoms with E-state index in [0.717, 1.165) is 0 Å². The van der Waals surface area contributed by atoms with Gasteiger partial charge in [0.25, 0.3) is 0 Å². The van der Waals surface area contributed by atoms with Crippen molar-refractivity contribution in [3.63, 3.8) is 0 Å². The smallest absolute Gasteiger partial charge is 0.0687 e. The molecule has 0 bridgehead atoms. The van der Waals surface area contributed by atoms with Crippen LogP contribution in [0.15, 0.2) is 0 Å². The molecule has 0 fully saturated rings. The van der Waals surface area contributed by atoms with Crippen molar-refractivity contribution in [2.75, 3.05) is 0 Å². The van der Waals surface area contributed by atoms with E-state index in [9.17, 15) is 0 Å². The molecule has 0 amide bonds. The lowest BCUT2D eigenvalue weighted by Crippen LogP contribution is -2.24. The predicted octanol–water partition coefficient (Wildman–Crippen LogP) is 2.33. The Morgan fingerprint density at radius 2 is 1.64 bits per heavy atom. The van der Waals surface area contributed by atoms with Crippen molar-refractivity contribution in [3.05, 3.63) is 0 Å². The van der Waals surface area contributed by atoms with Gasteiger partial charge in [0, 0.05) is 5.92 Å². The lowest BCUT2D eigenvalue weighted by molar-refractivity contribution is 0.266. The molecule has 0 aliphatic rings. The second kappa shape index (κ2) is 3.39. The zero-order chi connectivity index (χ0) is 9.07. The number of hydrogen-bond donors (Lipinski definition) is 0. The molecule has 0 spiro atoms. The molecule has 0 N–H and O–H groups in total. The number of nitriles is 2. The highest BCUT2D eigenvalue weighted by Crippen LogP contribution is 2.30.